The molecule has 0 aliphatic heterocycles. The molecule has 3 aromatic rings. The Labute approximate surface area is 156 Å². The molecule has 5 nitrogen and oxygen atoms in total. The van der Waals surface area contributed by atoms with Gasteiger partial charge in [0.1, 0.15) is 0 Å². The molecule has 3 rings (SSSR count). The van der Waals surface area contributed by atoms with Crippen molar-refractivity contribution in [3.8, 4) is 0 Å². The summed E-state index contributed by atoms with van der Waals surface area (Å²) >= 11 is 1.57. The van der Waals surface area contributed by atoms with Gasteiger partial charge in [0.05, 0.1) is 27.7 Å². The number of thiazole rings is 1. The zero-order chi connectivity index (χ0) is 18.4. The molecule has 0 unspecified atom stereocenters. The molecule has 1 aromatic heterocycles. The van der Waals surface area contributed by atoms with Gasteiger partial charge in [0.25, 0.3) is 5.91 Å². The van der Waals surface area contributed by atoms with Crippen molar-refractivity contribution in [2.24, 2.45) is 0 Å². The van der Waals surface area contributed by atoms with E-state index in [1.165, 1.54) is 0 Å². The van der Waals surface area contributed by atoms with E-state index in [0.717, 1.165) is 20.8 Å². The van der Waals surface area contributed by atoms with E-state index in [1.54, 1.807) is 11.3 Å². The van der Waals surface area contributed by atoms with Crippen LogP contribution in [0.3, 0.4) is 0 Å². The van der Waals surface area contributed by atoms with Crippen LogP contribution in [0.5, 0.6) is 0 Å². The van der Waals surface area contributed by atoms with Crippen molar-refractivity contribution in [2.45, 2.75) is 25.8 Å². The van der Waals surface area contributed by atoms with E-state index in [0.29, 0.717) is 6.42 Å². The number of carbonyl (C=O) groups is 2. The van der Waals surface area contributed by atoms with E-state index in [2.05, 4.69) is 10.3 Å². The smallest absolute Gasteiger partial charge is 0.306 e. The lowest BCUT2D eigenvalue weighted by Gasteiger charge is -2.14. The van der Waals surface area contributed by atoms with Crippen LogP contribution in [-0.4, -0.2) is 23.5 Å². The number of hydrogen-bond acceptors (Lipinski definition) is 5. The molecule has 0 fully saturated rings. The second kappa shape index (κ2) is 8.58. The third kappa shape index (κ3) is 4.89. The molecule has 1 amide bonds. The Morgan fingerprint density at radius 3 is 2.62 bits per heavy atom. The van der Waals surface area contributed by atoms with Crippen molar-refractivity contribution in [2.75, 3.05) is 6.61 Å². The summed E-state index contributed by atoms with van der Waals surface area (Å²) in [5.74, 6) is -0.707. The first kappa shape index (κ1) is 18.1. The summed E-state index contributed by atoms with van der Waals surface area (Å²) in [7, 11) is 0. The molecule has 0 spiro atoms. The molecule has 6 heteroatoms. The Hall–Kier alpha value is -2.73. The third-order valence-corrected chi connectivity index (χ3v) is 5.02. The monoisotopic (exact) mass is 368 g/mol. The predicted molar refractivity (Wildman–Crippen MR) is 102 cm³/mol. The largest absolute Gasteiger partial charge is 0.456 e. The van der Waals surface area contributed by atoms with Crippen LogP contribution in [0.15, 0.2) is 54.6 Å². The summed E-state index contributed by atoms with van der Waals surface area (Å²) in [5, 5.41) is 3.71. The Balaban J connectivity index is 1.41. The van der Waals surface area contributed by atoms with E-state index < -0.39 is 5.97 Å². The highest BCUT2D eigenvalue weighted by Gasteiger charge is 2.12. The number of para-hydroxylation sites is 1. The highest BCUT2D eigenvalue weighted by Crippen LogP contribution is 2.22. The average molecular weight is 368 g/mol. The number of carbonyl (C=O) groups excluding carboxylic acids is 2. The minimum atomic E-state index is -0.397. The fraction of sp³-hybridized carbons (Fsp3) is 0.250. The van der Waals surface area contributed by atoms with Crippen molar-refractivity contribution < 1.29 is 14.3 Å². The normalized spacial score (nSPS) is 11.9. The number of aromatic nitrogens is 1. The van der Waals surface area contributed by atoms with Crippen LogP contribution in [0, 0.1) is 0 Å². The number of nitrogens with one attached hydrogen (secondary N) is 1. The molecular weight excluding hydrogens is 348 g/mol. The van der Waals surface area contributed by atoms with Gasteiger partial charge < -0.3 is 10.1 Å². The van der Waals surface area contributed by atoms with Gasteiger partial charge in [-0.3, -0.25) is 9.59 Å². The number of benzene rings is 2. The molecule has 1 N–H and O–H groups in total. The van der Waals surface area contributed by atoms with Crippen LogP contribution in [0.4, 0.5) is 0 Å². The van der Waals surface area contributed by atoms with E-state index in [9.17, 15) is 9.59 Å². The predicted octanol–water partition coefficient (Wildman–Crippen LogP) is 3.65. The van der Waals surface area contributed by atoms with Gasteiger partial charge in [-0.15, -0.1) is 11.3 Å². The molecule has 134 valence electrons. The summed E-state index contributed by atoms with van der Waals surface area (Å²) in [6.45, 7) is 1.62. The van der Waals surface area contributed by atoms with E-state index >= 15 is 0 Å². The Morgan fingerprint density at radius 1 is 1.12 bits per heavy atom. The number of esters is 1. The maximum atomic E-state index is 11.9. The molecular formula is C20H20N2O3S. The van der Waals surface area contributed by atoms with E-state index in [1.807, 2.05) is 61.5 Å². The number of aryl methyl sites for hydroxylation is 1. The number of hydrogen-bond donors (Lipinski definition) is 1. The lowest BCUT2D eigenvalue weighted by atomic mass is 10.1. The molecule has 0 aliphatic carbocycles. The van der Waals surface area contributed by atoms with Crippen LogP contribution >= 0.6 is 11.3 Å². The van der Waals surface area contributed by atoms with Crippen molar-refractivity contribution in [1.29, 1.82) is 0 Å². The van der Waals surface area contributed by atoms with Gasteiger partial charge in [-0.1, -0.05) is 42.5 Å². The fourth-order valence-electron chi connectivity index (χ4n) is 2.56. The zero-order valence-corrected chi connectivity index (χ0v) is 15.3. The van der Waals surface area contributed by atoms with Crippen molar-refractivity contribution in [3.63, 3.8) is 0 Å². The van der Waals surface area contributed by atoms with Gasteiger partial charge in [0.15, 0.2) is 6.61 Å². The number of rotatable bonds is 7. The maximum absolute atomic E-state index is 11.9. The topological polar surface area (TPSA) is 68.3 Å². The Morgan fingerprint density at radius 2 is 1.85 bits per heavy atom. The minimum Gasteiger partial charge on any atom is -0.456 e. The van der Waals surface area contributed by atoms with Crippen molar-refractivity contribution in [3.05, 3.63) is 65.2 Å². The summed E-state index contributed by atoms with van der Waals surface area (Å²) in [6.07, 6.45) is 0.724. The number of fused-ring (bicyclic) bond motifs is 1. The summed E-state index contributed by atoms with van der Waals surface area (Å²) < 4.78 is 6.16. The van der Waals surface area contributed by atoms with Crippen LogP contribution < -0.4 is 5.32 Å². The molecule has 0 saturated heterocycles. The highest BCUT2D eigenvalue weighted by molar-refractivity contribution is 7.18. The molecule has 1 atom stereocenters. The lowest BCUT2D eigenvalue weighted by Crippen LogP contribution is -2.31. The Kier molecular flexibility index (Phi) is 5.96. The third-order valence-electron chi connectivity index (χ3n) is 3.92. The van der Waals surface area contributed by atoms with E-state index in [4.69, 9.17) is 4.74 Å². The molecule has 0 saturated carbocycles. The molecule has 1 heterocycles. The minimum absolute atomic E-state index is 0.134. The molecule has 26 heavy (non-hydrogen) atoms. The van der Waals surface area contributed by atoms with Crippen LogP contribution in [0.2, 0.25) is 0 Å². The van der Waals surface area contributed by atoms with Crippen molar-refractivity contribution >= 4 is 33.4 Å². The van der Waals surface area contributed by atoms with Gasteiger partial charge in [-0.25, -0.2) is 4.98 Å². The molecule has 0 aliphatic rings. The summed E-state index contributed by atoms with van der Waals surface area (Å²) in [4.78, 5) is 28.3. The summed E-state index contributed by atoms with van der Waals surface area (Å²) in [6, 6.07) is 17.4. The fourth-order valence-corrected chi connectivity index (χ4v) is 3.53. The highest BCUT2D eigenvalue weighted by atomic mass is 32.1. The molecule has 2 aromatic carbocycles. The second-order valence-corrected chi connectivity index (χ2v) is 7.05. The lowest BCUT2D eigenvalue weighted by molar-refractivity contribution is -0.148. The first-order valence-corrected chi connectivity index (χ1v) is 9.28. The van der Waals surface area contributed by atoms with Crippen LogP contribution in [0.25, 0.3) is 10.2 Å². The number of nitrogens with zero attached hydrogens (tertiary/aromatic N) is 1. The van der Waals surface area contributed by atoms with Gasteiger partial charge in [-0.2, -0.15) is 0 Å². The number of ether oxygens (including phenoxy) is 1. The van der Waals surface area contributed by atoms with Crippen LogP contribution in [0.1, 0.15) is 30.0 Å². The quantitative estimate of drug-likeness (QED) is 0.647. The average Bonchev–Trinajstić information content (AvgIpc) is 3.08. The standard InChI is InChI=1S/C20H20N2O3S/c1-14(15-7-3-2-4-8-15)21-18(23)13-25-20(24)12-11-19-22-16-9-5-6-10-17(16)26-19/h2-10,14H,11-13H2,1H3,(H,21,23)/t14-/m0/s1. The summed E-state index contributed by atoms with van der Waals surface area (Å²) in [5.41, 5.74) is 1.94. The van der Waals surface area contributed by atoms with Gasteiger partial charge in [0, 0.05) is 6.42 Å². The number of amides is 1. The molecule has 0 radical (unpaired) electrons. The van der Waals surface area contributed by atoms with Crippen molar-refractivity contribution in [1.82, 2.24) is 10.3 Å². The SMILES string of the molecule is C[C@H](NC(=O)COC(=O)CCc1nc2ccccc2s1)c1ccccc1. The van der Waals surface area contributed by atoms with Crippen LogP contribution in [-0.2, 0) is 20.7 Å². The maximum Gasteiger partial charge on any atom is 0.306 e. The van der Waals surface area contributed by atoms with Gasteiger partial charge in [0.2, 0.25) is 0 Å². The second-order valence-electron chi connectivity index (χ2n) is 5.94. The Bertz CT molecular complexity index is 859. The van der Waals surface area contributed by atoms with E-state index in [-0.39, 0.29) is 25.0 Å². The zero-order valence-electron chi connectivity index (χ0n) is 14.5. The first-order valence-electron chi connectivity index (χ1n) is 8.46. The first-order chi connectivity index (χ1) is 12.6. The van der Waals surface area contributed by atoms with Gasteiger partial charge >= 0.3 is 5.97 Å². The molecule has 0 bridgehead atoms. The van der Waals surface area contributed by atoms with Gasteiger partial charge in [-0.05, 0) is 24.6 Å².